The number of rotatable bonds is 4. The molecule has 0 amide bonds. The minimum absolute atomic E-state index is 0.185. The first kappa shape index (κ1) is 12.4. The van der Waals surface area contributed by atoms with Gasteiger partial charge in [0.25, 0.3) is 0 Å². The number of benzene rings is 1. The van der Waals surface area contributed by atoms with Gasteiger partial charge in [-0.3, -0.25) is 0 Å². The number of nitrogens with zero attached hydrogens (tertiary/aromatic N) is 2. The highest BCUT2D eigenvalue weighted by Crippen LogP contribution is 2.25. The van der Waals surface area contributed by atoms with Crippen LogP contribution in [0.2, 0.25) is 0 Å². The maximum Gasteiger partial charge on any atom is 0.166 e. The molecule has 0 aliphatic heterocycles. The van der Waals surface area contributed by atoms with Crippen molar-refractivity contribution in [3.63, 3.8) is 0 Å². The van der Waals surface area contributed by atoms with Crippen molar-refractivity contribution in [2.45, 2.75) is 19.6 Å². The van der Waals surface area contributed by atoms with Crippen LogP contribution < -0.4 is 10.5 Å². The van der Waals surface area contributed by atoms with E-state index in [2.05, 4.69) is 9.97 Å². The molecule has 2 aromatic rings. The van der Waals surface area contributed by atoms with Crippen LogP contribution in [0.25, 0.3) is 0 Å². The maximum atomic E-state index is 13.2. The Labute approximate surface area is 105 Å². The summed E-state index contributed by atoms with van der Waals surface area (Å²) in [5.41, 5.74) is 6.56. The summed E-state index contributed by atoms with van der Waals surface area (Å²) in [7, 11) is 0. The summed E-state index contributed by atoms with van der Waals surface area (Å²) in [6, 6.07) is 5.81. The zero-order valence-electron chi connectivity index (χ0n) is 10.0. The number of hydrogen-bond donors (Lipinski definition) is 1. The van der Waals surface area contributed by atoms with E-state index in [1.807, 2.05) is 6.92 Å². The molecule has 94 valence electrons. The van der Waals surface area contributed by atoms with E-state index in [9.17, 15) is 4.39 Å². The maximum absolute atomic E-state index is 13.2. The van der Waals surface area contributed by atoms with Gasteiger partial charge in [0, 0.05) is 30.1 Å². The molecule has 0 aliphatic rings. The van der Waals surface area contributed by atoms with Crippen molar-refractivity contribution in [1.29, 1.82) is 0 Å². The SMILES string of the molecule is C[C@H](N)c1ccc(F)cc1OCc1ncccn1. The fraction of sp³-hybridized carbons (Fsp3) is 0.231. The van der Waals surface area contributed by atoms with Crippen molar-refractivity contribution in [2.75, 3.05) is 0 Å². The Kier molecular flexibility index (Phi) is 3.84. The minimum atomic E-state index is -0.358. The second-order valence-electron chi connectivity index (χ2n) is 3.92. The third-order valence-electron chi connectivity index (χ3n) is 2.44. The van der Waals surface area contributed by atoms with Crippen LogP contribution >= 0.6 is 0 Å². The largest absolute Gasteiger partial charge is 0.485 e. The summed E-state index contributed by atoms with van der Waals surface area (Å²) < 4.78 is 18.7. The highest BCUT2D eigenvalue weighted by Gasteiger charge is 2.10. The first-order chi connectivity index (χ1) is 8.66. The average Bonchev–Trinajstić information content (AvgIpc) is 2.37. The van der Waals surface area contributed by atoms with Gasteiger partial charge in [0.1, 0.15) is 18.2 Å². The van der Waals surface area contributed by atoms with Gasteiger partial charge in [0.2, 0.25) is 0 Å². The highest BCUT2D eigenvalue weighted by atomic mass is 19.1. The smallest absolute Gasteiger partial charge is 0.166 e. The van der Waals surface area contributed by atoms with Gasteiger partial charge in [-0.1, -0.05) is 6.07 Å². The zero-order chi connectivity index (χ0) is 13.0. The summed E-state index contributed by atoms with van der Waals surface area (Å²) in [5, 5.41) is 0. The molecule has 0 fully saturated rings. The molecule has 1 aromatic carbocycles. The van der Waals surface area contributed by atoms with E-state index < -0.39 is 0 Å². The molecule has 1 aromatic heterocycles. The lowest BCUT2D eigenvalue weighted by atomic mass is 10.1. The van der Waals surface area contributed by atoms with Crippen LogP contribution in [-0.4, -0.2) is 9.97 Å². The Morgan fingerprint density at radius 2 is 2.06 bits per heavy atom. The molecular weight excluding hydrogens is 233 g/mol. The molecule has 0 saturated carbocycles. The van der Waals surface area contributed by atoms with Crippen molar-refractivity contribution < 1.29 is 9.13 Å². The molecule has 2 rings (SSSR count). The summed E-state index contributed by atoms with van der Waals surface area (Å²) in [6.45, 7) is 2.00. The van der Waals surface area contributed by atoms with E-state index in [1.165, 1.54) is 12.1 Å². The van der Waals surface area contributed by atoms with Gasteiger partial charge in [0.15, 0.2) is 5.82 Å². The monoisotopic (exact) mass is 247 g/mol. The molecule has 5 heteroatoms. The van der Waals surface area contributed by atoms with Crippen LogP contribution in [0.4, 0.5) is 4.39 Å². The van der Waals surface area contributed by atoms with Crippen molar-refractivity contribution in [2.24, 2.45) is 5.73 Å². The zero-order valence-corrected chi connectivity index (χ0v) is 10.0. The van der Waals surface area contributed by atoms with Gasteiger partial charge < -0.3 is 10.5 Å². The average molecular weight is 247 g/mol. The first-order valence-electron chi connectivity index (χ1n) is 5.60. The predicted molar refractivity (Wildman–Crippen MR) is 65.4 cm³/mol. The number of nitrogens with two attached hydrogens (primary N) is 1. The van der Waals surface area contributed by atoms with E-state index in [4.69, 9.17) is 10.5 Å². The molecule has 0 unspecified atom stereocenters. The predicted octanol–water partition coefficient (Wildman–Crippen LogP) is 2.21. The fourth-order valence-electron chi connectivity index (χ4n) is 1.56. The minimum Gasteiger partial charge on any atom is -0.485 e. The quantitative estimate of drug-likeness (QED) is 0.899. The first-order valence-corrected chi connectivity index (χ1v) is 5.60. The van der Waals surface area contributed by atoms with Crippen LogP contribution in [0, 0.1) is 5.82 Å². The Bertz CT molecular complexity index is 517. The molecule has 0 saturated heterocycles. The number of halogens is 1. The normalized spacial score (nSPS) is 12.2. The number of hydrogen-bond acceptors (Lipinski definition) is 4. The Balaban J connectivity index is 2.15. The second-order valence-corrected chi connectivity index (χ2v) is 3.92. The van der Waals surface area contributed by atoms with Gasteiger partial charge in [-0.15, -0.1) is 0 Å². The summed E-state index contributed by atoms with van der Waals surface area (Å²) >= 11 is 0. The molecule has 0 aliphatic carbocycles. The van der Waals surface area contributed by atoms with E-state index in [0.717, 1.165) is 5.56 Å². The Hall–Kier alpha value is -2.01. The van der Waals surface area contributed by atoms with Gasteiger partial charge in [-0.05, 0) is 19.1 Å². The van der Waals surface area contributed by atoms with Gasteiger partial charge in [-0.25, -0.2) is 14.4 Å². The number of ether oxygens (including phenoxy) is 1. The van der Waals surface area contributed by atoms with Gasteiger partial charge >= 0.3 is 0 Å². The van der Waals surface area contributed by atoms with Crippen molar-refractivity contribution >= 4 is 0 Å². The lowest BCUT2D eigenvalue weighted by molar-refractivity contribution is 0.290. The van der Waals surface area contributed by atoms with Crippen LogP contribution in [0.1, 0.15) is 24.4 Å². The van der Waals surface area contributed by atoms with E-state index >= 15 is 0 Å². The Morgan fingerprint density at radius 1 is 1.33 bits per heavy atom. The van der Waals surface area contributed by atoms with Gasteiger partial charge in [-0.2, -0.15) is 0 Å². The van der Waals surface area contributed by atoms with Crippen LogP contribution in [-0.2, 0) is 6.61 Å². The lowest BCUT2D eigenvalue weighted by Crippen LogP contribution is -2.09. The molecular formula is C13H14FN3O. The standard InChI is InChI=1S/C13H14FN3O/c1-9(15)11-4-3-10(14)7-12(11)18-8-13-16-5-2-6-17-13/h2-7,9H,8,15H2,1H3/t9-/m0/s1. The van der Waals surface area contributed by atoms with E-state index in [-0.39, 0.29) is 18.5 Å². The third-order valence-corrected chi connectivity index (χ3v) is 2.44. The molecule has 18 heavy (non-hydrogen) atoms. The molecule has 2 N–H and O–H groups in total. The summed E-state index contributed by atoms with van der Waals surface area (Å²) in [6.07, 6.45) is 3.26. The molecule has 1 atom stereocenters. The van der Waals surface area contributed by atoms with Gasteiger partial charge in [0.05, 0.1) is 0 Å². The topological polar surface area (TPSA) is 61.0 Å². The van der Waals surface area contributed by atoms with E-state index in [0.29, 0.717) is 11.6 Å². The van der Waals surface area contributed by atoms with Crippen LogP contribution in [0.3, 0.4) is 0 Å². The molecule has 0 spiro atoms. The number of aromatic nitrogens is 2. The molecule has 4 nitrogen and oxygen atoms in total. The molecule has 0 radical (unpaired) electrons. The van der Waals surface area contributed by atoms with Crippen LogP contribution in [0.5, 0.6) is 5.75 Å². The van der Waals surface area contributed by atoms with Crippen molar-refractivity contribution in [1.82, 2.24) is 9.97 Å². The third kappa shape index (κ3) is 3.01. The summed E-state index contributed by atoms with van der Waals surface area (Å²) in [5.74, 6) is 0.609. The van der Waals surface area contributed by atoms with Crippen molar-refractivity contribution in [3.05, 3.63) is 53.9 Å². The van der Waals surface area contributed by atoms with Crippen molar-refractivity contribution in [3.8, 4) is 5.75 Å². The molecule has 1 heterocycles. The molecule has 0 bridgehead atoms. The second kappa shape index (κ2) is 5.55. The van der Waals surface area contributed by atoms with E-state index in [1.54, 1.807) is 24.5 Å². The van der Waals surface area contributed by atoms with Crippen LogP contribution in [0.15, 0.2) is 36.7 Å². The summed E-state index contributed by atoms with van der Waals surface area (Å²) in [4.78, 5) is 8.06. The lowest BCUT2D eigenvalue weighted by Gasteiger charge is -2.13. The Morgan fingerprint density at radius 3 is 2.72 bits per heavy atom. The highest BCUT2D eigenvalue weighted by molar-refractivity contribution is 5.36. The fourth-order valence-corrected chi connectivity index (χ4v) is 1.56.